The van der Waals surface area contributed by atoms with Crippen LogP contribution in [0.3, 0.4) is 0 Å². The van der Waals surface area contributed by atoms with Crippen molar-refractivity contribution in [1.29, 1.82) is 0 Å². The average molecular weight is 385 g/mol. The molecule has 0 radical (unpaired) electrons. The van der Waals surface area contributed by atoms with Gasteiger partial charge < -0.3 is 20.1 Å². The van der Waals surface area contributed by atoms with Gasteiger partial charge in [-0.2, -0.15) is 4.98 Å². The van der Waals surface area contributed by atoms with Crippen LogP contribution in [0, 0.1) is 13.8 Å². The van der Waals surface area contributed by atoms with Gasteiger partial charge in [0.1, 0.15) is 17.3 Å². The summed E-state index contributed by atoms with van der Waals surface area (Å²) in [5.41, 5.74) is 3.39. The number of aromatic nitrogens is 2. The van der Waals surface area contributed by atoms with Gasteiger partial charge in [-0.25, -0.2) is 4.98 Å². The highest BCUT2D eigenvalue weighted by molar-refractivity contribution is 6.31. The molecule has 1 aromatic heterocycles. The molecule has 2 N–H and O–H groups in total. The van der Waals surface area contributed by atoms with E-state index in [0.717, 1.165) is 28.4 Å². The first-order valence-corrected chi connectivity index (χ1v) is 8.74. The van der Waals surface area contributed by atoms with Crippen molar-refractivity contribution in [2.75, 3.05) is 24.9 Å². The molecule has 3 rings (SSSR count). The van der Waals surface area contributed by atoms with E-state index in [1.165, 1.54) is 0 Å². The van der Waals surface area contributed by atoms with Gasteiger partial charge in [0.2, 0.25) is 5.95 Å². The third kappa shape index (κ3) is 4.60. The van der Waals surface area contributed by atoms with E-state index >= 15 is 0 Å². The van der Waals surface area contributed by atoms with Crippen molar-refractivity contribution < 1.29 is 9.47 Å². The number of halogens is 1. The molecule has 0 unspecified atom stereocenters. The van der Waals surface area contributed by atoms with E-state index in [2.05, 4.69) is 20.6 Å². The summed E-state index contributed by atoms with van der Waals surface area (Å²) in [6.07, 6.45) is 0. The van der Waals surface area contributed by atoms with Crippen molar-refractivity contribution in [3.8, 4) is 11.5 Å². The summed E-state index contributed by atoms with van der Waals surface area (Å²) in [5.74, 6) is 2.53. The Morgan fingerprint density at radius 2 is 1.74 bits per heavy atom. The average Bonchev–Trinajstić information content (AvgIpc) is 2.64. The van der Waals surface area contributed by atoms with Crippen LogP contribution < -0.4 is 20.1 Å². The zero-order valence-corrected chi connectivity index (χ0v) is 16.4. The Bertz CT molecular complexity index is 963. The Balaban J connectivity index is 1.88. The minimum absolute atomic E-state index is 0.482. The van der Waals surface area contributed by atoms with Gasteiger partial charge in [0.05, 0.1) is 19.9 Å². The van der Waals surface area contributed by atoms with E-state index < -0.39 is 0 Å². The van der Waals surface area contributed by atoms with Crippen LogP contribution >= 0.6 is 11.6 Å². The number of benzene rings is 2. The molecule has 3 aromatic rings. The molecule has 0 bridgehead atoms. The van der Waals surface area contributed by atoms with Crippen molar-refractivity contribution in [3.05, 3.63) is 58.7 Å². The predicted octanol–water partition coefficient (Wildman–Crippen LogP) is 5.25. The fourth-order valence-corrected chi connectivity index (χ4v) is 2.74. The van der Waals surface area contributed by atoms with E-state index in [1.54, 1.807) is 20.3 Å². The fourth-order valence-electron chi connectivity index (χ4n) is 2.59. The predicted molar refractivity (Wildman–Crippen MR) is 109 cm³/mol. The molecule has 0 spiro atoms. The van der Waals surface area contributed by atoms with E-state index in [-0.39, 0.29) is 0 Å². The molecule has 0 aliphatic heterocycles. The molecule has 140 valence electrons. The SMILES string of the molecule is COc1cccc(Nc2nc(C)cc(Nc3cc(C)c(Cl)cc3OC)n2)c1. The molecular formula is C20H21ClN4O2. The van der Waals surface area contributed by atoms with Gasteiger partial charge in [0, 0.05) is 34.6 Å². The number of aryl methyl sites for hydroxylation is 2. The van der Waals surface area contributed by atoms with Gasteiger partial charge in [-0.15, -0.1) is 0 Å². The second-order valence-corrected chi connectivity index (χ2v) is 6.41. The minimum atomic E-state index is 0.482. The number of anilines is 4. The zero-order chi connectivity index (χ0) is 19.4. The van der Waals surface area contributed by atoms with Gasteiger partial charge in [-0.3, -0.25) is 0 Å². The first-order valence-electron chi connectivity index (χ1n) is 8.36. The summed E-state index contributed by atoms with van der Waals surface area (Å²) >= 11 is 6.18. The number of nitrogens with one attached hydrogen (secondary N) is 2. The Morgan fingerprint density at radius 3 is 2.48 bits per heavy atom. The van der Waals surface area contributed by atoms with Gasteiger partial charge in [-0.05, 0) is 37.6 Å². The highest BCUT2D eigenvalue weighted by Crippen LogP contribution is 2.33. The first kappa shape index (κ1) is 18.8. The third-order valence-corrected chi connectivity index (χ3v) is 4.33. The summed E-state index contributed by atoms with van der Waals surface area (Å²) in [6, 6.07) is 13.1. The lowest BCUT2D eigenvalue weighted by molar-refractivity contribution is 0.415. The molecule has 6 nitrogen and oxygen atoms in total. The lowest BCUT2D eigenvalue weighted by atomic mass is 10.2. The minimum Gasteiger partial charge on any atom is -0.497 e. The Labute approximate surface area is 163 Å². The van der Waals surface area contributed by atoms with Crippen molar-refractivity contribution in [2.24, 2.45) is 0 Å². The molecule has 0 saturated heterocycles. The maximum atomic E-state index is 6.18. The van der Waals surface area contributed by atoms with Crippen LogP contribution in [0.4, 0.5) is 23.1 Å². The molecule has 27 heavy (non-hydrogen) atoms. The molecule has 0 amide bonds. The molecule has 0 aliphatic rings. The monoisotopic (exact) mass is 384 g/mol. The van der Waals surface area contributed by atoms with E-state index in [9.17, 15) is 0 Å². The lowest BCUT2D eigenvalue weighted by Crippen LogP contribution is -2.03. The number of ether oxygens (including phenoxy) is 2. The maximum absolute atomic E-state index is 6.18. The summed E-state index contributed by atoms with van der Waals surface area (Å²) in [5, 5.41) is 7.13. The quantitative estimate of drug-likeness (QED) is 0.604. The maximum Gasteiger partial charge on any atom is 0.229 e. The first-order chi connectivity index (χ1) is 13.0. The third-order valence-electron chi connectivity index (χ3n) is 3.92. The molecule has 0 fully saturated rings. The summed E-state index contributed by atoms with van der Waals surface area (Å²) < 4.78 is 10.7. The molecule has 1 heterocycles. The Kier molecular flexibility index (Phi) is 5.66. The van der Waals surface area contributed by atoms with Crippen LogP contribution in [0.2, 0.25) is 5.02 Å². The molecule has 0 atom stereocenters. The Morgan fingerprint density at radius 1 is 0.926 bits per heavy atom. The highest BCUT2D eigenvalue weighted by Gasteiger charge is 2.10. The van der Waals surface area contributed by atoms with E-state index in [4.69, 9.17) is 21.1 Å². The Hall–Kier alpha value is -2.99. The van der Waals surface area contributed by atoms with Crippen LogP contribution in [0.5, 0.6) is 11.5 Å². The van der Waals surface area contributed by atoms with Gasteiger partial charge in [0.15, 0.2) is 0 Å². The normalized spacial score (nSPS) is 10.4. The molecule has 0 saturated carbocycles. The van der Waals surface area contributed by atoms with Crippen LogP contribution in [0.1, 0.15) is 11.3 Å². The van der Waals surface area contributed by atoms with Gasteiger partial charge >= 0.3 is 0 Å². The van der Waals surface area contributed by atoms with Crippen LogP contribution in [0.25, 0.3) is 0 Å². The van der Waals surface area contributed by atoms with Gasteiger partial charge in [-0.1, -0.05) is 17.7 Å². The van der Waals surface area contributed by atoms with E-state index in [1.807, 2.05) is 50.2 Å². The van der Waals surface area contributed by atoms with Crippen molar-refractivity contribution in [2.45, 2.75) is 13.8 Å². The van der Waals surface area contributed by atoms with E-state index in [0.29, 0.717) is 22.5 Å². The molecule has 0 aliphatic carbocycles. The fraction of sp³-hybridized carbons (Fsp3) is 0.200. The largest absolute Gasteiger partial charge is 0.497 e. The standard InChI is InChI=1S/C20H21ClN4O2/c1-12-8-17(18(27-4)11-16(12)21)24-19-9-13(2)22-20(25-19)23-14-6-5-7-15(10-14)26-3/h5-11H,1-4H3,(H2,22,23,24,25). The second-order valence-electron chi connectivity index (χ2n) is 6.00. The summed E-state index contributed by atoms with van der Waals surface area (Å²) in [6.45, 7) is 3.85. The number of hydrogen-bond donors (Lipinski definition) is 2. The number of nitrogens with zero attached hydrogens (tertiary/aromatic N) is 2. The van der Waals surface area contributed by atoms with Crippen molar-refractivity contribution >= 4 is 34.7 Å². The summed E-state index contributed by atoms with van der Waals surface area (Å²) in [7, 11) is 3.24. The second kappa shape index (κ2) is 8.14. The smallest absolute Gasteiger partial charge is 0.229 e. The lowest BCUT2D eigenvalue weighted by Gasteiger charge is -2.14. The number of hydrogen-bond acceptors (Lipinski definition) is 6. The number of rotatable bonds is 6. The highest BCUT2D eigenvalue weighted by atomic mass is 35.5. The topological polar surface area (TPSA) is 68.3 Å². The van der Waals surface area contributed by atoms with Gasteiger partial charge in [0.25, 0.3) is 0 Å². The number of methoxy groups -OCH3 is 2. The molecule has 2 aromatic carbocycles. The molecular weight excluding hydrogens is 364 g/mol. The van der Waals surface area contributed by atoms with Crippen LogP contribution in [0.15, 0.2) is 42.5 Å². The van der Waals surface area contributed by atoms with Crippen LogP contribution in [-0.2, 0) is 0 Å². The van der Waals surface area contributed by atoms with Crippen molar-refractivity contribution in [1.82, 2.24) is 9.97 Å². The molecule has 7 heteroatoms. The van der Waals surface area contributed by atoms with Crippen molar-refractivity contribution in [3.63, 3.8) is 0 Å². The summed E-state index contributed by atoms with van der Waals surface area (Å²) in [4.78, 5) is 8.99. The van der Waals surface area contributed by atoms with Crippen LogP contribution in [-0.4, -0.2) is 24.2 Å². The zero-order valence-electron chi connectivity index (χ0n) is 15.6.